The number of Topliss-reactive ketones (excluding diaryl/α,β-unsaturated/α-hetero) is 1. The Kier molecular flexibility index (Phi) is 33.3. The molecule has 2 aliphatic heterocycles. The molecular weight excluding hydrogens is 1300 g/mol. The number of ether oxygens (including phenoxy) is 4. The number of aliphatic hydroxyl groups excluding tert-OH is 4. The molecule has 0 spiro atoms. The molecular formula is C71H111N9O20. The molecule has 2 heterocycles. The van der Waals surface area contributed by atoms with Gasteiger partial charge < -0.3 is 85.8 Å². The summed E-state index contributed by atoms with van der Waals surface area (Å²) in [5.74, 6) is -8.74. The van der Waals surface area contributed by atoms with E-state index in [1.165, 1.54) is 56.1 Å². The van der Waals surface area contributed by atoms with Crippen LogP contribution in [0.5, 0.6) is 5.75 Å². The molecule has 0 saturated carbocycles. The van der Waals surface area contributed by atoms with E-state index in [2.05, 4.69) is 26.6 Å². The number of ketones is 1. The summed E-state index contributed by atoms with van der Waals surface area (Å²) in [4.78, 5) is 154. The summed E-state index contributed by atoms with van der Waals surface area (Å²) >= 11 is 0. The van der Waals surface area contributed by atoms with Gasteiger partial charge in [0.05, 0.1) is 42.9 Å². The van der Waals surface area contributed by atoms with Crippen LogP contribution in [-0.2, 0) is 68.8 Å². The van der Waals surface area contributed by atoms with Crippen LogP contribution in [0.4, 0.5) is 10.5 Å². The minimum absolute atomic E-state index is 0.0252. The Hall–Kier alpha value is -7.83. The number of likely N-dealkylation sites (tertiary alicyclic amines) is 1. The van der Waals surface area contributed by atoms with Gasteiger partial charge in [-0.3, -0.25) is 48.1 Å². The van der Waals surface area contributed by atoms with Crippen LogP contribution in [0.1, 0.15) is 159 Å². The number of carboxylic acid groups (broad SMARTS) is 1. The number of hydrogen-bond acceptors (Lipinski definition) is 19. The third-order valence-corrected chi connectivity index (χ3v) is 18.7. The molecule has 0 aliphatic carbocycles. The molecule has 100 heavy (non-hydrogen) atoms. The van der Waals surface area contributed by atoms with E-state index in [-0.39, 0.29) is 90.6 Å². The second-order valence-corrected chi connectivity index (χ2v) is 28.0. The number of amides is 9. The number of anilines is 1. The molecule has 2 saturated heterocycles. The van der Waals surface area contributed by atoms with Gasteiger partial charge in [-0.15, -0.1) is 0 Å². The molecule has 4 rings (SSSR count). The van der Waals surface area contributed by atoms with Crippen LogP contribution in [0.2, 0.25) is 0 Å². The van der Waals surface area contributed by atoms with Crippen molar-refractivity contribution in [3.05, 3.63) is 59.7 Å². The summed E-state index contributed by atoms with van der Waals surface area (Å²) in [6, 6.07) is 6.68. The Morgan fingerprint density at radius 2 is 1.36 bits per heavy atom. The lowest BCUT2D eigenvalue weighted by molar-refractivity contribution is -0.271. The molecule has 2 aliphatic rings. The van der Waals surface area contributed by atoms with Gasteiger partial charge in [-0.2, -0.15) is 0 Å². The fraction of sp³-hybridized carbons (Fsp3) is 0.676. The predicted molar refractivity (Wildman–Crippen MR) is 368 cm³/mol. The highest BCUT2D eigenvalue weighted by Gasteiger charge is 2.49. The Morgan fingerprint density at radius 3 is 1.94 bits per heavy atom. The van der Waals surface area contributed by atoms with Crippen molar-refractivity contribution in [1.82, 2.24) is 40.9 Å². The Bertz CT molecular complexity index is 3100. The first-order valence-electron chi connectivity index (χ1n) is 34.6. The van der Waals surface area contributed by atoms with Crippen LogP contribution in [0.15, 0.2) is 48.5 Å². The van der Waals surface area contributed by atoms with Crippen LogP contribution >= 0.6 is 0 Å². The van der Waals surface area contributed by atoms with Crippen molar-refractivity contribution in [3.63, 3.8) is 0 Å². The van der Waals surface area contributed by atoms with Crippen molar-refractivity contribution < 1.29 is 97.2 Å². The van der Waals surface area contributed by atoms with Gasteiger partial charge >= 0.3 is 12.1 Å². The Labute approximate surface area is 587 Å². The zero-order chi connectivity index (χ0) is 75.3. The average molecular weight is 1410 g/mol. The molecule has 2 fully saturated rings. The maximum absolute atomic E-state index is 14.9. The number of likely N-dealkylation sites (N-methyl/N-ethyl adjacent to an activating group) is 3. The van der Waals surface area contributed by atoms with Crippen molar-refractivity contribution >= 4 is 70.8 Å². The third kappa shape index (κ3) is 23.6. The second kappa shape index (κ2) is 39.4. The zero-order valence-corrected chi connectivity index (χ0v) is 61.1. The minimum Gasteiger partial charge on any atom is -0.479 e. The van der Waals surface area contributed by atoms with E-state index in [4.69, 9.17) is 18.9 Å². The third-order valence-electron chi connectivity index (χ3n) is 18.7. The number of benzene rings is 2. The second-order valence-electron chi connectivity index (χ2n) is 28.0. The number of carbonyl (C=O) groups excluding carboxylic acids is 10. The van der Waals surface area contributed by atoms with E-state index < -0.39 is 151 Å². The molecule has 0 aromatic heterocycles. The molecule has 29 nitrogen and oxygen atoms in total. The highest BCUT2D eigenvalue weighted by Crippen LogP contribution is 2.33. The summed E-state index contributed by atoms with van der Waals surface area (Å²) in [6.07, 6.45) is -10.7. The summed E-state index contributed by atoms with van der Waals surface area (Å²) in [6.45, 7) is 22.3. The van der Waals surface area contributed by atoms with E-state index >= 15 is 0 Å². The molecule has 0 bridgehead atoms. The van der Waals surface area contributed by atoms with Gasteiger partial charge in [-0.25, -0.2) is 9.59 Å². The standard InChI is InChI=1S/C71H111N9O20/c1-18-41(10)58(51(97-17)34-54(84)80-31-23-26-47(80)32-42(11)64(89)72-43(12)59(85)46-24-20-19-21-25-46)78(15)68(93)56(39(6)7)76-67(92)57(40(8)9)79(16)71(96)98-36-45-29-30-48(50(33-45)99-70-62(88)60(86)61(87)63(100-70)69(94)95)74-65(90)44(13)73-66(91)55(38(4)5)75-52(82)27-22-28-53(83)77(14)35-49(81)37(2)3/h19-21,24-25,29-30,33,37-44,47,51,55-63,70,85-88H,18,22-23,26-28,31-32,34-36H2,1-17H3,(H,72,89)(H,73,91)(H,74,90)(H,75,82)(H,76,92)(H,94,95)/t41-,42+,43+,44-,47-,51+,55-,56-,57-,58-,59+,60-,61-,62+,63-,70+/m0/s1. The predicted octanol–water partition coefficient (Wildman–Crippen LogP) is 3.66. The molecule has 10 N–H and O–H groups in total. The highest BCUT2D eigenvalue weighted by molar-refractivity contribution is 5.99. The van der Waals surface area contributed by atoms with Crippen LogP contribution in [0.3, 0.4) is 0 Å². The first-order valence-corrected chi connectivity index (χ1v) is 34.6. The van der Waals surface area contributed by atoms with E-state index in [9.17, 15) is 78.3 Å². The highest BCUT2D eigenvalue weighted by atomic mass is 16.7. The number of hydrogen-bond donors (Lipinski definition) is 10. The molecule has 2 aromatic rings. The van der Waals surface area contributed by atoms with Gasteiger partial charge in [0.2, 0.25) is 53.5 Å². The zero-order valence-electron chi connectivity index (χ0n) is 61.1. The van der Waals surface area contributed by atoms with Crippen LogP contribution < -0.4 is 31.3 Å². The first kappa shape index (κ1) is 84.6. The maximum Gasteiger partial charge on any atom is 0.410 e. The average Bonchev–Trinajstić information content (AvgIpc) is 0.858. The minimum atomic E-state index is -2.09. The van der Waals surface area contributed by atoms with Gasteiger partial charge in [0.25, 0.3) is 0 Å². The number of aliphatic hydroxyl groups is 4. The monoisotopic (exact) mass is 1410 g/mol. The number of aliphatic carboxylic acids is 1. The van der Waals surface area contributed by atoms with Gasteiger partial charge in [0.1, 0.15) is 54.8 Å². The number of carboxylic acids is 1. The van der Waals surface area contributed by atoms with Crippen molar-refractivity contribution in [3.8, 4) is 5.75 Å². The number of rotatable bonds is 37. The maximum atomic E-state index is 14.9. The number of nitrogens with zero attached hydrogens (tertiary/aromatic N) is 4. The SMILES string of the molecule is CC[C@H](C)[C@@H]([C@@H](CC(=O)N1CCC[C@H]1C[C@@H](C)C(=O)N[C@H](C)[C@@H](O)c1ccccc1)OC)N(C)C(=O)[C@@H](NC(=O)[C@H](C(C)C)N(C)C(=O)OCc1ccc(NC(=O)[C@H](C)NC(=O)[C@@H](NC(=O)CCCC(=O)N(C)CC(=O)C(C)C)C(C)C)c(O[C@@H]2O[C@H](C(=O)O)[C@@H](O)[C@H](O)[C@H]2O)c1)C(C)C. The fourth-order valence-corrected chi connectivity index (χ4v) is 12.2. The molecule has 0 unspecified atom stereocenters. The van der Waals surface area contributed by atoms with Crippen LogP contribution in [0.25, 0.3) is 0 Å². The number of nitrogens with one attached hydrogen (secondary N) is 5. The summed E-state index contributed by atoms with van der Waals surface area (Å²) in [5, 5.41) is 66.3. The molecule has 16 atom stereocenters. The molecule has 0 radical (unpaired) electrons. The normalized spacial score (nSPS) is 20.7. The summed E-state index contributed by atoms with van der Waals surface area (Å²) in [7, 11) is 5.91. The Balaban J connectivity index is 1.48. The topological polar surface area (TPSA) is 399 Å². The van der Waals surface area contributed by atoms with Crippen molar-refractivity contribution in [1.29, 1.82) is 0 Å². The van der Waals surface area contributed by atoms with E-state index in [0.29, 0.717) is 31.4 Å². The van der Waals surface area contributed by atoms with E-state index in [0.717, 1.165) is 11.3 Å². The van der Waals surface area contributed by atoms with Gasteiger partial charge in [0.15, 0.2) is 11.9 Å². The van der Waals surface area contributed by atoms with Gasteiger partial charge in [-0.1, -0.05) is 119 Å². The van der Waals surface area contributed by atoms with Crippen molar-refractivity contribution in [2.45, 2.75) is 233 Å². The summed E-state index contributed by atoms with van der Waals surface area (Å²) in [5.41, 5.74) is 0.655. The Morgan fingerprint density at radius 1 is 0.720 bits per heavy atom. The van der Waals surface area contributed by atoms with E-state index in [1.807, 2.05) is 32.0 Å². The van der Waals surface area contributed by atoms with Gasteiger partial charge in [0, 0.05) is 65.5 Å². The van der Waals surface area contributed by atoms with E-state index in [1.54, 1.807) is 93.3 Å². The molecule has 560 valence electrons. The molecule has 9 amide bonds. The first-order chi connectivity index (χ1) is 46.9. The lowest BCUT2D eigenvalue weighted by Crippen LogP contribution is -2.61. The molecule has 29 heteroatoms. The summed E-state index contributed by atoms with van der Waals surface area (Å²) < 4.78 is 23.1. The lowest BCUT2D eigenvalue weighted by Gasteiger charge is -2.40. The smallest absolute Gasteiger partial charge is 0.410 e. The van der Waals surface area contributed by atoms with Crippen molar-refractivity contribution in [2.75, 3.05) is 46.7 Å². The van der Waals surface area contributed by atoms with Crippen LogP contribution in [-0.4, -0.2) is 231 Å². The lowest BCUT2D eigenvalue weighted by atomic mass is 9.89. The molecule has 2 aromatic carbocycles. The largest absolute Gasteiger partial charge is 0.479 e. The van der Waals surface area contributed by atoms with Crippen LogP contribution in [0, 0.1) is 35.5 Å². The van der Waals surface area contributed by atoms with Crippen molar-refractivity contribution in [2.24, 2.45) is 35.5 Å². The quantitative estimate of drug-likeness (QED) is 0.0461. The van der Waals surface area contributed by atoms with Gasteiger partial charge in [-0.05, 0) is 86.5 Å². The number of carbonyl (C=O) groups is 11. The fourth-order valence-electron chi connectivity index (χ4n) is 12.2. The number of methoxy groups -OCH3 is 1.